The lowest BCUT2D eigenvalue weighted by atomic mass is 9.97. The summed E-state index contributed by atoms with van der Waals surface area (Å²) in [7, 11) is 0. The Kier molecular flexibility index (Phi) is 8.58. The fourth-order valence-electron chi connectivity index (χ4n) is 3.79. The number of esters is 2. The highest BCUT2D eigenvalue weighted by molar-refractivity contribution is 5.82. The molecule has 2 unspecified atom stereocenters. The van der Waals surface area contributed by atoms with Gasteiger partial charge in [-0.2, -0.15) is 0 Å². The van der Waals surface area contributed by atoms with Crippen LogP contribution in [0.5, 0.6) is 0 Å². The van der Waals surface area contributed by atoms with Gasteiger partial charge in [-0.1, -0.05) is 99.8 Å². The van der Waals surface area contributed by atoms with E-state index in [9.17, 15) is 9.59 Å². The average Bonchev–Trinajstić information content (AvgIpc) is 2.90. The van der Waals surface area contributed by atoms with Crippen molar-refractivity contribution in [1.29, 1.82) is 0 Å². The van der Waals surface area contributed by atoms with Gasteiger partial charge in [0.15, 0.2) is 0 Å². The summed E-state index contributed by atoms with van der Waals surface area (Å²) in [4.78, 5) is 23.1. The molecular formula is C30H30O4. The fourth-order valence-corrected chi connectivity index (χ4v) is 3.79. The Balaban J connectivity index is 1.72. The molecule has 0 aliphatic heterocycles. The zero-order valence-corrected chi connectivity index (χ0v) is 19.7. The summed E-state index contributed by atoms with van der Waals surface area (Å²) in [6, 6.07) is 24.5. The van der Waals surface area contributed by atoms with Gasteiger partial charge in [-0.15, -0.1) is 0 Å². The molecule has 0 saturated heterocycles. The Morgan fingerprint density at radius 1 is 0.618 bits per heavy atom. The van der Waals surface area contributed by atoms with Crippen molar-refractivity contribution in [2.24, 2.45) is 0 Å². The molecule has 0 spiro atoms. The van der Waals surface area contributed by atoms with Crippen molar-refractivity contribution in [2.45, 2.75) is 38.9 Å². The molecule has 0 bridgehead atoms. The van der Waals surface area contributed by atoms with Gasteiger partial charge in [0.05, 0.1) is 0 Å². The molecule has 0 fully saturated rings. The summed E-state index contributed by atoms with van der Waals surface area (Å²) < 4.78 is 10.8. The second-order valence-corrected chi connectivity index (χ2v) is 7.90. The van der Waals surface area contributed by atoms with Crippen molar-refractivity contribution in [3.8, 4) is 22.3 Å². The maximum atomic E-state index is 11.6. The smallest absolute Gasteiger partial charge is 0.330 e. The number of carbonyl (C=O) groups excluding carboxylic acids is 2. The van der Waals surface area contributed by atoms with Crippen LogP contribution in [0.2, 0.25) is 0 Å². The van der Waals surface area contributed by atoms with Crippen LogP contribution in [0.1, 0.15) is 50.0 Å². The van der Waals surface area contributed by atoms with Crippen LogP contribution >= 0.6 is 0 Å². The van der Waals surface area contributed by atoms with Crippen molar-refractivity contribution >= 4 is 11.9 Å². The Morgan fingerprint density at radius 3 is 1.12 bits per heavy atom. The number of hydrogen-bond donors (Lipinski definition) is 0. The van der Waals surface area contributed by atoms with Crippen molar-refractivity contribution in [3.63, 3.8) is 0 Å². The minimum Gasteiger partial charge on any atom is -0.454 e. The Morgan fingerprint density at radius 2 is 0.882 bits per heavy atom. The van der Waals surface area contributed by atoms with Gasteiger partial charge in [0, 0.05) is 12.2 Å². The van der Waals surface area contributed by atoms with Crippen LogP contribution in [-0.4, -0.2) is 11.9 Å². The highest BCUT2D eigenvalue weighted by Crippen LogP contribution is 2.29. The predicted octanol–water partition coefficient (Wildman–Crippen LogP) is 7.38. The first kappa shape index (κ1) is 24.7. The molecule has 174 valence electrons. The van der Waals surface area contributed by atoms with Crippen LogP contribution in [-0.2, 0) is 19.1 Å². The normalized spacial score (nSPS) is 12.3. The van der Waals surface area contributed by atoms with Gasteiger partial charge < -0.3 is 9.47 Å². The van der Waals surface area contributed by atoms with E-state index in [1.165, 1.54) is 12.2 Å². The van der Waals surface area contributed by atoms with Crippen molar-refractivity contribution in [2.75, 3.05) is 0 Å². The summed E-state index contributed by atoms with van der Waals surface area (Å²) in [6.07, 6.45) is 3.21. The molecule has 0 amide bonds. The Labute approximate surface area is 201 Å². The van der Waals surface area contributed by atoms with Crippen LogP contribution in [0.25, 0.3) is 22.3 Å². The molecule has 0 aliphatic rings. The molecule has 4 heteroatoms. The molecule has 0 saturated carbocycles. The van der Waals surface area contributed by atoms with Crippen LogP contribution in [0.15, 0.2) is 98.1 Å². The van der Waals surface area contributed by atoms with Gasteiger partial charge in [0.2, 0.25) is 0 Å². The lowest BCUT2D eigenvalue weighted by molar-refractivity contribution is -0.144. The highest BCUT2D eigenvalue weighted by Gasteiger charge is 2.14. The average molecular weight is 455 g/mol. The maximum Gasteiger partial charge on any atom is 0.330 e. The summed E-state index contributed by atoms with van der Waals surface area (Å²) in [5.74, 6) is -0.829. The number of hydrogen-bond acceptors (Lipinski definition) is 4. The fraction of sp³-hybridized carbons (Fsp3) is 0.200. The number of ether oxygens (including phenoxy) is 2. The van der Waals surface area contributed by atoms with E-state index in [1.807, 2.05) is 62.4 Å². The summed E-state index contributed by atoms with van der Waals surface area (Å²) in [5, 5.41) is 0. The summed E-state index contributed by atoms with van der Waals surface area (Å²) in [6.45, 7) is 10.9. The van der Waals surface area contributed by atoms with Crippen LogP contribution in [0.3, 0.4) is 0 Å². The molecule has 0 aromatic heterocycles. The zero-order chi connectivity index (χ0) is 24.5. The number of benzene rings is 3. The summed E-state index contributed by atoms with van der Waals surface area (Å²) in [5.41, 5.74) is 6.30. The molecule has 2 atom stereocenters. The molecule has 0 radical (unpaired) electrons. The van der Waals surface area contributed by atoms with Gasteiger partial charge in [0.25, 0.3) is 0 Å². The number of rotatable bonds is 10. The molecule has 34 heavy (non-hydrogen) atoms. The standard InChI is InChI=1S/C30H30O4/c1-5-27(33-29(31)7-3)25-17-13-23(14-18-25)21-9-11-22(12-10-21)24-15-19-26(20-16-24)28(6-2)34-30(32)8-4/h7-20,27-28H,3-6H2,1-2H3. The lowest BCUT2D eigenvalue weighted by Crippen LogP contribution is -2.08. The number of carbonyl (C=O) groups is 2. The highest BCUT2D eigenvalue weighted by atomic mass is 16.5. The molecule has 3 rings (SSSR count). The van der Waals surface area contributed by atoms with Gasteiger partial charge in [-0.3, -0.25) is 0 Å². The van der Waals surface area contributed by atoms with Gasteiger partial charge in [-0.05, 0) is 46.2 Å². The molecular weight excluding hydrogens is 424 g/mol. The summed E-state index contributed by atoms with van der Waals surface area (Å²) >= 11 is 0. The van der Waals surface area contributed by atoms with E-state index < -0.39 is 11.9 Å². The van der Waals surface area contributed by atoms with Gasteiger partial charge in [-0.25, -0.2) is 9.59 Å². The van der Waals surface area contributed by atoms with Crippen LogP contribution < -0.4 is 0 Å². The largest absolute Gasteiger partial charge is 0.454 e. The molecule has 4 nitrogen and oxygen atoms in total. The predicted molar refractivity (Wildman–Crippen MR) is 136 cm³/mol. The van der Waals surface area contributed by atoms with E-state index >= 15 is 0 Å². The van der Waals surface area contributed by atoms with E-state index in [0.717, 1.165) is 33.4 Å². The third kappa shape index (κ3) is 6.10. The second-order valence-electron chi connectivity index (χ2n) is 7.90. The molecule has 0 heterocycles. The van der Waals surface area contributed by atoms with E-state index in [4.69, 9.17) is 9.47 Å². The van der Waals surface area contributed by atoms with Crippen LogP contribution in [0, 0.1) is 0 Å². The minimum atomic E-state index is -0.414. The van der Waals surface area contributed by atoms with Crippen molar-refractivity contribution in [1.82, 2.24) is 0 Å². The first-order valence-corrected chi connectivity index (χ1v) is 11.5. The topological polar surface area (TPSA) is 52.6 Å². The third-order valence-electron chi connectivity index (χ3n) is 5.71. The van der Waals surface area contributed by atoms with Crippen molar-refractivity contribution in [3.05, 3.63) is 109 Å². The van der Waals surface area contributed by atoms with E-state index in [1.54, 1.807) is 0 Å². The Hall–Kier alpha value is -3.92. The molecule has 3 aromatic carbocycles. The van der Waals surface area contributed by atoms with Crippen LogP contribution in [0.4, 0.5) is 0 Å². The SMILES string of the molecule is C=CC(=O)OC(CC)c1ccc(-c2ccc(-c3ccc(C(CC)OC(=O)C=C)cc3)cc2)cc1. The lowest BCUT2D eigenvalue weighted by Gasteiger charge is -2.16. The first-order valence-electron chi connectivity index (χ1n) is 11.5. The maximum absolute atomic E-state index is 11.6. The van der Waals surface area contributed by atoms with E-state index in [0.29, 0.717) is 12.8 Å². The molecule has 0 aliphatic carbocycles. The van der Waals surface area contributed by atoms with Crippen molar-refractivity contribution < 1.29 is 19.1 Å². The first-order chi connectivity index (χ1) is 16.5. The van der Waals surface area contributed by atoms with Gasteiger partial charge in [0.1, 0.15) is 12.2 Å². The third-order valence-corrected chi connectivity index (χ3v) is 5.71. The van der Waals surface area contributed by atoms with E-state index in [2.05, 4.69) is 37.4 Å². The molecule has 3 aromatic rings. The minimum absolute atomic E-state index is 0.280. The quantitative estimate of drug-likeness (QED) is 0.237. The van der Waals surface area contributed by atoms with E-state index in [-0.39, 0.29) is 12.2 Å². The zero-order valence-electron chi connectivity index (χ0n) is 19.7. The second kappa shape index (κ2) is 11.8. The van der Waals surface area contributed by atoms with Gasteiger partial charge >= 0.3 is 11.9 Å². The molecule has 0 N–H and O–H groups in total. The monoisotopic (exact) mass is 454 g/mol. The Bertz CT molecular complexity index is 1030.